The van der Waals surface area contributed by atoms with Crippen molar-refractivity contribution in [1.29, 1.82) is 0 Å². The first-order valence-electron chi connectivity index (χ1n) is 7.41. The molecule has 6 nitrogen and oxygen atoms in total. The molecule has 0 fully saturated rings. The van der Waals surface area contributed by atoms with Crippen molar-refractivity contribution in [3.8, 4) is 0 Å². The Hall–Kier alpha value is -2.67. The molecule has 0 aliphatic rings. The van der Waals surface area contributed by atoms with E-state index in [-0.39, 0.29) is 23.3 Å². The summed E-state index contributed by atoms with van der Waals surface area (Å²) in [5, 5.41) is 12.2. The Balaban J connectivity index is 2.34. The number of rotatable bonds is 6. The van der Waals surface area contributed by atoms with Crippen LogP contribution in [0, 0.1) is 0 Å². The van der Waals surface area contributed by atoms with Crippen molar-refractivity contribution < 1.29 is 24.2 Å². The number of hydrogen-bond acceptors (Lipinski definition) is 5. The minimum absolute atomic E-state index is 0.0336. The van der Waals surface area contributed by atoms with Gasteiger partial charge in [-0.15, -0.1) is 11.3 Å². The molecule has 2 N–H and O–H groups in total. The molecule has 1 heterocycles. The van der Waals surface area contributed by atoms with Gasteiger partial charge in [0.15, 0.2) is 0 Å². The summed E-state index contributed by atoms with van der Waals surface area (Å²) in [5.41, 5.74) is 0.214. The van der Waals surface area contributed by atoms with Crippen LogP contribution < -0.4 is 5.32 Å². The Bertz CT molecular complexity index is 781. The summed E-state index contributed by atoms with van der Waals surface area (Å²) in [6, 6.07) is 7.60. The highest BCUT2D eigenvalue weighted by atomic mass is 32.1. The van der Waals surface area contributed by atoms with Crippen LogP contribution in [0.2, 0.25) is 0 Å². The molecular weight excluding hydrogens is 330 g/mol. The first kappa shape index (κ1) is 17.7. The van der Waals surface area contributed by atoms with Gasteiger partial charge in [0.1, 0.15) is 5.00 Å². The Morgan fingerprint density at radius 1 is 1.12 bits per heavy atom. The monoisotopic (exact) mass is 347 g/mol. The average Bonchev–Trinajstić information content (AvgIpc) is 2.98. The molecule has 7 heteroatoms. The van der Waals surface area contributed by atoms with Crippen molar-refractivity contribution in [2.45, 2.75) is 20.3 Å². The van der Waals surface area contributed by atoms with Gasteiger partial charge in [-0.3, -0.25) is 4.79 Å². The summed E-state index contributed by atoms with van der Waals surface area (Å²) >= 11 is 1.27. The number of nitrogens with one attached hydrogen (secondary N) is 1. The molecule has 126 valence electrons. The second-order valence-electron chi connectivity index (χ2n) is 4.83. The average molecular weight is 347 g/mol. The number of benzene rings is 1. The molecule has 0 spiro atoms. The molecule has 0 unspecified atom stereocenters. The Morgan fingerprint density at radius 2 is 1.79 bits per heavy atom. The number of aryl methyl sites for hydroxylation is 1. The molecule has 0 aliphatic carbocycles. The first-order valence-corrected chi connectivity index (χ1v) is 8.23. The van der Waals surface area contributed by atoms with E-state index in [4.69, 9.17) is 4.74 Å². The SMILES string of the molecule is CCOC(=O)c1cc(CC)sc1NC(=O)c1ccccc1C(=O)O. The summed E-state index contributed by atoms with van der Waals surface area (Å²) in [6.07, 6.45) is 0.707. The summed E-state index contributed by atoms with van der Waals surface area (Å²) in [4.78, 5) is 36.6. The van der Waals surface area contributed by atoms with E-state index in [1.807, 2.05) is 6.92 Å². The van der Waals surface area contributed by atoms with Crippen molar-refractivity contribution in [3.05, 3.63) is 51.9 Å². The fourth-order valence-electron chi connectivity index (χ4n) is 2.11. The number of anilines is 1. The predicted molar refractivity (Wildman–Crippen MR) is 91.0 cm³/mol. The molecule has 2 aromatic rings. The van der Waals surface area contributed by atoms with E-state index in [0.29, 0.717) is 11.4 Å². The predicted octanol–water partition coefficient (Wildman–Crippen LogP) is 3.44. The van der Waals surface area contributed by atoms with Gasteiger partial charge in [0.2, 0.25) is 0 Å². The molecular formula is C17H17NO5S. The number of hydrogen-bond donors (Lipinski definition) is 2. The molecule has 0 radical (unpaired) electrons. The molecule has 2 rings (SSSR count). The fraction of sp³-hybridized carbons (Fsp3) is 0.235. The van der Waals surface area contributed by atoms with Crippen LogP contribution >= 0.6 is 11.3 Å². The van der Waals surface area contributed by atoms with E-state index in [0.717, 1.165) is 4.88 Å². The lowest BCUT2D eigenvalue weighted by Gasteiger charge is -2.08. The summed E-state index contributed by atoms with van der Waals surface area (Å²) in [6.45, 7) is 3.86. The van der Waals surface area contributed by atoms with Crippen LogP contribution in [-0.4, -0.2) is 29.6 Å². The topological polar surface area (TPSA) is 92.7 Å². The molecule has 1 aromatic heterocycles. The number of carbonyl (C=O) groups excluding carboxylic acids is 2. The van der Waals surface area contributed by atoms with Crippen LogP contribution in [-0.2, 0) is 11.2 Å². The number of carbonyl (C=O) groups is 3. The van der Waals surface area contributed by atoms with Gasteiger partial charge in [0.25, 0.3) is 5.91 Å². The second-order valence-corrected chi connectivity index (χ2v) is 5.97. The van der Waals surface area contributed by atoms with Crippen molar-refractivity contribution in [2.24, 2.45) is 0 Å². The Kier molecular flexibility index (Phi) is 5.70. The first-order chi connectivity index (χ1) is 11.5. The van der Waals surface area contributed by atoms with Gasteiger partial charge in [0.05, 0.1) is 23.3 Å². The normalized spacial score (nSPS) is 10.2. The number of amides is 1. The zero-order valence-corrected chi connectivity index (χ0v) is 14.1. The number of carboxylic acids is 1. The van der Waals surface area contributed by atoms with E-state index in [9.17, 15) is 19.5 Å². The van der Waals surface area contributed by atoms with Gasteiger partial charge in [-0.1, -0.05) is 19.1 Å². The molecule has 0 saturated heterocycles. The maximum absolute atomic E-state index is 12.4. The van der Waals surface area contributed by atoms with Crippen LogP contribution in [0.3, 0.4) is 0 Å². The van der Waals surface area contributed by atoms with Gasteiger partial charge in [-0.05, 0) is 31.5 Å². The van der Waals surface area contributed by atoms with Gasteiger partial charge in [0, 0.05) is 4.88 Å². The standard InChI is InChI=1S/C17H17NO5S/c1-3-10-9-13(17(22)23-4-2)15(24-10)18-14(19)11-7-5-6-8-12(11)16(20)21/h5-9H,3-4H2,1-2H3,(H,18,19)(H,20,21). The third-order valence-corrected chi connectivity index (χ3v) is 4.45. The lowest BCUT2D eigenvalue weighted by molar-refractivity contribution is 0.0527. The number of thiophene rings is 1. The zero-order chi connectivity index (χ0) is 17.7. The molecule has 1 aromatic carbocycles. The lowest BCUT2D eigenvalue weighted by atomic mass is 10.1. The highest BCUT2D eigenvalue weighted by molar-refractivity contribution is 7.16. The van der Waals surface area contributed by atoms with E-state index in [1.165, 1.54) is 23.5 Å². The quantitative estimate of drug-likeness (QED) is 0.781. The summed E-state index contributed by atoms with van der Waals surface area (Å²) < 4.78 is 5.00. The van der Waals surface area contributed by atoms with Crippen molar-refractivity contribution in [2.75, 3.05) is 11.9 Å². The third-order valence-electron chi connectivity index (χ3n) is 3.26. The van der Waals surface area contributed by atoms with E-state index >= 15 is 0 Å². The van der Waals surface area contributed by atoms with E-state index < -0.39 is 17.8 Å². The molecule has 1 amide bonds. The van der Waals surface area contributed by atoms with Crippen LogP contribution in [0.15, 0.2) is 30.3 Å². The Morgan fingerprint density at radius 3 is 2.38 bits per heavy atom. The minimum Gasteiger partial charge on any atom is -0.478 e. The highest BCUT2D eigenvalue weighted by Gasteiger charge is 2.21. The number of aromatic carboxylic acids is 1. The number of ether oxygens (including phenoxy) is 1. The minimum atomic E-state index is -1.19. The molecule has 0 aliphatic heterocycles. The second kappa shape index (κ2) is 7.74. The largest absolute Gasteiger partial charge is 0.478 e. The van der Waals surface area contributed by atoms with Gasteiger partial charge in [-0.25, -0.2) is 9.59 Å². The maximum atomic E-state index is 12.4. The highest BCUT2D eigenvalue weighted by Crippen LogP contribution is 2.30. The molecule has 0 atom stereocenters. The smallest absolute Gasteiger partial charge is 0.341 e. The molecule has 24 heavy (non-hydrogen) atoms. The lowest BCUT2D eigenvalue weighted by Crippen LogP contribution is -2.17. The van der Waals surface area contributed by atoms with Gasteiger partial charge >= 0.3 is 11.9 Å². The van der Waals surface area contributed by atoms with Crippen LogP contribution in [0.25, 0.3) is 0 Å². The maximum Gasteiger partial charge on any atom is 0.341 e. The van der Waals surface area contributed by atoms with Gasteiger partial charge < -0.3 is 15.2 Å². The van der Waals surface area contributed by atoms with E-state index in [2.05, 4.69) is 5.32 Å². The van der Waals surface area contributed by atoms with Crippen LogP contribution in [0.4, 0.5) is 5.00 Å². The van der Waals surface area contributed by atoms with E-state index in [1.54, 1.807) is 25.1 Å². The third kappa shape index (κ3) is 3.80. The van der Waals surface area contributed by atoms with Crippen LogP contribution in [0.1, 0.15) is 49.8 Å². The van der Waals surface area contributed by atoms with Crippen molar-refractivity contribution in [1.82, 2.24) is 0 Å². The zero-order valence-electron chi connectivity index (χ0n) is 13.3. The Labute approximate surface area is 143 Å². The van der Waals surface area contributed by atoms with Crippen LogP contribution in [0.5, 0.6) is 0 Å². The van der Waals surface area contributed by atoms with Crippen molar-refractivity contribution >= 4 is 34.2 Å². The summed E-state index contributed by atoms with van der Waals surface area (Å²) in [5.74, 6) is -2.29. The van der Waals surface area contributed by atoms with Gasteiger partial charge in [-0.2, -0.15) is 0 Å². The fourth-order valence-corrected chi connectivity index (χ4v) is 3.09. The molecule has 0 saturated carbocycles. The molecule has 0 bridgehead atoms. The number of esters is 1. The van der Waals surface area contributed by atoms with Crippen molar-refractivity contribution in [3.63, 3.8) is 0 Å². The number of carboxylic acid groups (broad SMARTS) is 1. The summed E-state index contributed by atoms with van der Waals surface area (Å²) in [7, 11) is 0.